The molecule has 1 aliphatic rings. The fourth-order valence-corrected chi connectivity index (χ4v) is 2.86. The van der Waals surface area contributed by atoms with E-state index in [-0.39, 0.29) is 29.8 Å². The zero-order chi connectivity index (χ0) is 18.5. The number of carbonyl (C=O) groups is 3. The Morgan fingerprint density at radius 1 is 1.19 bits per heavy atom. The van der Waals surface area contributed by atoms with Crippen LogP contribution in [-0.4, -0.2) is 51.9 Å². The molecule has 0 unspecified atom stereocenters. The lowest BCUT2D eigenvalue weighted by Gasteiger charge is -2.26. The van der Waals surface area contributed by atoms with Gasteiger partial charge in [0.2, 0.25) is 0 Å². The molecule has 26 heavy (non-hydrogen) atoms. The average molecular weight is 354 g/mol. The molecule has 0 saturated heterocycles. The molecule has 0 saturated carbocycles. The highest BCUT2D eigenvalue weighted by molar-refractivity contribution is 6.03. The zero-order valence-corrected chi connectivity index (χ0v) is 14.8. The van der Waals surface area contributed by atoms with Gasteiger partial charge in [-0.2, -0.15) is 5.10 Å². The summed E-state index contributed by atoms with van der Waals surface area (Å²) in [6.07, 6.45) is 1.89. The van der Waals surface area contributed by atoms with Crippen LogP contribution in [0.4, 0.5) is 0 Å². The number of ketones is 1. The first-order chi connectivity index (χ1) is 12.6. The third-order valence-corrected chi connectivity index (χ3v) is 4.35. The van der Waals surface area contributed by atoms with Gasteiger partial charge in [-0.1, -0.05) is 43.7 Å². The van der Waals surface area contributed by atoms with Crippen molar-refractivity contribution in [2.45, 2.75) is 26.3 Å². The Morgan fingerprint density at radius 2 is 1.96 bits per heavy atom. The molecule has 0 bridgehead atoms. The van der Waals surface area contributed by atoms with E-state index in [4.69, 9.17) is 0 Å². The molecule has 1 aromatic carbocycles. The van der Waals surface area contributed by atoms with Gasteiger partial charge in [0, 0.05) is 24.7 Å². The van der Waals surface area contributed by atoms with Gasteiger partial charge in [0.1, 0.15) is 5.69 Å². The van der Waals surface area contributed by atoms with Crippen molar-refractivity contribution < 1.29 is 14.4 Å². The Balaban J connectivity index is 1.68. The molecule has 7 heteroatoms. The van der Waals surface area contributed by atoms with Crippen LogP contribution in [0.25, 0.3) is 0 Å². The van der Waals surface area contributed by atoms with Crippen LogP contribution in [0.3, 0.4) is 0 Å². The van der Waals surface area contributed by atoms with Crippen molar-refractivity contribution in [2.24, 2.45) is 0 Å². The first-order valence-corrected chi connectivity index (χ1v) is 8.83. The van der Waals surface area contributed by atoms with E-state index in [1.807, 2.05) is 13.0 Å². The Kier molecular flexibility index (Phi) is 5.46. The van der Waals surface area contributed by atoms with Crippen LogP contribution in [0, 0.1) is 0 Å². The van der Waals surface area contributed by atoms with Gasteiger partial charge in [-0.3, -0.25) is 19.1 Å². The van der Waals surface area contributed by atoms with Crippen molar-refractivity contribution in [3.63, 3.8) is 0 Å². The summed E-state index contributed by atoms with van der Waals surface area (Å²) in [5.74, 6) is -0.662. The van der Waals surface area contributed by atoms with Crippen LogP contribution in [-0.2, 0) is 6.54 Å². The Morgan fingerprint density at radius 3 is 2.69 bits per heavy atom. The number of aromatic nitrogens is 2. The third kappa shape index (κ3) is 3.82. The first-order valence-electron chi connectivity index (χ1n) is 8.83. The summed E-state index contributed by atoms with van der Waals surface area (Å²) in [6.45, 7) is 3.51. The van der Waals surface area contributed by atoms with Gasteiger partial charge in [-0.15, -0.1) is 0 Å². The van der Waals surface area contributed by atoms with Gasteiger partial charge in [0.15, 0.2) is 11.5 Å². The Labute approximate surface area is 152 Å². The van der Waals surface area contributed by atoms with E-state index in [1.54, 1.807) is 28.9 Å². The molecule has 1 N–H and O–H groups in total. The van der Waals surface area contributed by atoms with Gasteiger partial charge in [-0.25, -0.2) is 0 Å². The number of amides is 2. The van der Waals surface area contributed by atoms with Gasteiger partial charge in [0.25, 0.3) is 11.8 Å². The van der Waals surface area contributed by atoms with Crippen molar-refractivity contribution >= 4 is 17.6 Å². The topological polar surface area (TPSA) is 84.3 Å². The number of nitrogens with one attached hydrogen (secondary N) is 1. The second-order valence-electron chi connectivity index (χ2n) is 6.26. The molecule has 2 amide bonds. The summed E-state index contributed by atoms with van der Waals surface area (Å²) in [7, 11) is 0. The van der Waals surface area contributed by atoms with Crippen LogP contribution in [0.15, 0.2) is 36.4 Å². The van der Waals surface area contributed by atoms with Crippen molar-refractivity contribution in [1.82, 2.24) is 20.0 Å². The predicted octanol–water partition coefficient (Wildman–Crippen LogP) is 1.75. The van der Waals surface area contributed by atoms with Gasteiger partial charge < -0.3 is 10.2 Å². The number of hydrogen-bond donors (Lipinski definition) is 1. The average Bonchev–Trinajstić information content (AvgIpc) is 3.10. The fourth-order valence-electron chi connectivity index (χ4n) is 2.86. The molecule has 0 spiro atoms. The number of hydrogen-bond acceptors (Lipinski definition) is 4. The molecule has 2 heterocycles. The second-order valence-corrected chi connectivity index (χ2v) is 6.26. The normalized spacial score (nSPS) is 13.4. The molecule has 3 rings (SSSR count). The molecule has 2 aromatic rings. The molecule has 0 radical (unpaired) electrons. The van der Waals surface area contributed by atoms with Crippen LogP contribution in [0.1, 0.15) is 51.1 Å². The van der Waals surface area contributed by atoms with E-state index in [2.05, 4.69) is 10.4 Å². The molecule has 0 atom stereocenters. The quantitative estimate of drug-likeness (QED) is 0.606. The highest BCUT2D eigenvalue weighted by atomic mass is 16.2. The van der Waals surface area contributed by atoms with E-state index in [0.717, 1.165) is 12.8 Å². The first kappa shape index (κ1) is 17.8. The summed E-state index contributed by atoms with van der Waals surface area (Å²) in [5, 5.41) is 7.02. The molecule has 0 fully saturated rings. The SMILES string of the molecule is CCCCNC(=O)c1cc2n(n1)CCN(CC(=O)c1ccccc1)C2=O. The van der Waals surface area contributed by atoms with Crippen LogP contribution in [0.5, 0.6) is 0 Å². The van der Waals surface area contributed by atoms with Crippen molar-refractivity contribution in [1.29, 1.82) is 0 Å². The highest BCUT2D eigenvalue weighted by Crippen LogP contribution is 2.15. The molecule has 1 aromatic heterocycles. The van der Waals surface area contributed by atoms with Crippen molar-refractivity contribution in [3.8, 4) is 0 Å². The van der Waals surface area contributed by atoms with E-state index >= 15 is 0 Å². The van der Waals surface area contributed by atoms with Crippen molar-refractivity contribution in [2.75, 3.05) is 19.6 Å². The lowest BCUT2D eigenvalue weighted by molar-refractivity contribution is 0.0658. The van der Waals surface area contributed by atoms with Crippen molar-refractivity contribution in [3.05, 3.63) is 53.3 Å². The maximum absolute atomic E-state index is 12.7. The van der Waals surface area contributed by atoms with E-state index in [9.17, 15) is 14.4 Å². The summed E-state index contributed by atoms with van der Waals surface area (Å²) >= 11 is 0. The Bertz CT molecular complexity index is 813. The number of fused-ring (bicyclic) bond motifs is 1. The predicted molar refractivity (Wildman–Crippen MR) is 96.1 cm³/mol. The van der Waals surface area contributed by atoms with E-state index in [0.29, 0.717) is 30.9 Å². The molecule has 1 aliphatic heterocycles. The summed E-state index contributed by atoms with van der Waals surface area (Å²) in [6, 6.07) is 10.4. The number of carbonyl (C=O) groups excluding carboxylic acids is 3. The van der Waals surface area contributed by atoms with Gasteiger partial charge in [0.05, 0.1) is 13.1 Å². The lowest BCUT2D eigenvalue weighted by atomic mass is 10.1. The number of Topliss-reactive ketones (excluding diaryl/α,β-unsaturated/α-hetero) is 1. The number of unbranched alkanes of at least 4 members (excludes halogenated alkanes) is 1. The number of nitrogens with zero attached hydrogens (tertiary/aromatic N) is 3. The van der Waals surface area contributed by atoms with Crippen LogP contribution in [0.2, 0.25) is 0 Å². The standard InChI is InChI=1S/C19H22N4O3/c1-2-3-9-20-18(25)15-12-16-19(26)22(10-11-23(16)21-15)13-17(24)14-7-5-4-6-8-14/h4-8,12H,2-3,9-11,13H2,1H3,(H,20,25). The fraction of sp³-hybridized carbons (Fsp3) is 0.368. The minimum Gasteiger partial charge on any atom is -0.351 e. The van der Waals surface area contributed by atoms with Crippen LogP contribution >= 0.6 is 0 Å². The number of benzene rings is 1. The molecular weight excluding hydrogens is 332 g/mol. The molecule has 136 valence electrons. The molecule has 0 aliphatic carbocycles. The highest BCUT2D eigenvalue weighted by Gasteiger charge is 2.29. The minimum atomic E-state index is -0.278. The van der Waals surface area contributed by atoms with Gasteiger partial charge >= 0.3 is 0 Å². The number of rotatable bonds is 7. The lowest BCUT2D eigenvalue weighted by Crippen LogP contribution is -2.43. The van der Waals surface area contributed by atoms with E-state index < -0.39 is 0 Å². The largest absolute Gasteiger partial charge is 0.351 e. The summed E-state index contributed by atoms with van der Waals surface area (Å²) in [4.78, 5) is 38.6. The summed E-state index contributed by atoms with van der Waals surface area (Å²) in [5.41, 5.74) is 1.16. The monoisotopic (exact) mass is 354 g/mol. The molecule has 7 nitrogen and oxygen atoms in total. The van der Waals surface area contributed by atoms with Gasteiger partial charge in [-0.05, 0) is 6.42 Å². The summed E-state index contributed by atoms with van der Waals surface area (Å²) < 4.78 is 1.54. The smallest absolute Gasteiger partial charge is 0.272 e. The zero-order valence-electron chi connectivity index (χ0n) is 14.8. The third-order valence-electron chi connectivity index (χ3n) is 4.35. The minimum absolute atomic E-state index is 0.0199. The maximum Gasteiger partial charge on any atom is 0.272 e. The van der Waals surface area contributed by atoms with Crippen LogP contribution < -0.4 is 5.32 Å². The Hall–Kier alpha value is -2.96. The van der Waals surface area contributed by atoms with E-state index in [1.165, 1.54) is 11.0 Å². The second kappa shape index (κ2) is 7.95. The molecular formula is C19H22N4O3. The maximum atomic E-state index is 12.7.